The molecule has 0 radical (unpaired) electrons. The predicted molar refractivity (Wildman–Crippen MR) is 228 cm³/mol. The molecule has 1 saturated carbocycles. The van der Waals surface area contributed by atoms with Crippen LogP contribution in [0.15, 0.2) is 133 Å². The molecule has 13 heteroatoms. The Kier molecular flexibility index (Phi) is 10.5. The molecular formula is C48H39Cl2N3O8. The number of benzene rings is 5. The van der Waals surface area contributed by atoms with E-state index in [1.165, 1.54) is 18.1 Å². The molecule has 2 saturated heterocycles. The summed E-state index contributed by atoms with van der Waals surface area (Å²) < 4.78 is 11.7. The number of methoxy groups -OCH3 is 1. The summed E-state index contributed by atoms with van der Waals surface area (Å²) in [6, 6.07) is 34.2. The van der Waals surface area contributed by atoms with Crippen LogP contribution in [0.5, 0.6) is 11.5 Å². The van der Waals surface area contributed by atoms with Crippen molar-refractivity contribution in [3.63, 3.8) is 0 Å². The molecule has 4 aliphatic rings. The molecule has 0 spiro atoms. The van der Waals surface area contributed by atoms with Crippen LogP contribution < -0.4 is 19.8 Å². The minimum atomic E-state index is -1.60. The number of rotatable bonds is 11. The van der Waals surface area contributed by atoms with Crippen molar-refractivity contribution in [2.45, 2.75) is 24.2 Å². The molecule has 0 aromatic heterocycles. The van der Waals surface area contributed by atoms with Crippen LogP contribution in [0, 0.1) is 23.7 Å². The van der Waals surface area contributed by atoms with E-state index in [1.54, 1.807) is 97.1 Å². The highest BCUT2D eigenvalue weighted by Crippen LogP contribution is 2.65. The van der Waals surface area contributed by atoms with Crippen molar-refractivity contribution >= 4 is 64.0 Å². The number of amides is 4. The molecule has 2 N–H and O–H groups in total. The number of allylic oxidation sites excluding steroid dienone is 2. The summed E-state index contributed by atoms with van der Waals surface area (Å²) in [6.07, 6.45) is 2.22. The molecule has 9 rings (SSSR count). The number of ether oxygens (including phenoxy) is 2. The number of aliphatic hydroxyl groups excluding tert-OH is 1. The number of hydrogen-bond donors (Lipinski definition) is 2. The van der Waals surface area contributed by atoms with Crippen molar-refractivity contribution in [1.29, 1.82) is 0 Å². The number of carbonyl (C=O) groups excluding carboxylic acids is 5. The summed E-state index contributed by atoms with van der Waals surface area (Å²) in [5, 5.41) is 11.4. The van der Waals surface area contributed by atoms with Gasteiger partial charge in [-0.2, -0.15) is 5.01 Å². The Balaban J connectivity index is 1.18. The van der Waals surface area contributed by atoms with Crippen LogP contribution in [0.4, 0.5) is 11.4 Å². The van der Waals surface area contributed by atoms with Gasteiger partial charge in [0.05, 0.1) is 53.3 Å². The normalized spacial score (nSPS) is 24.2. The maximum atomic E-state index is 15.6. The van der Waals surface area contributed by atoms with E-state index in [2.05, 4.69) is 5.43 Å². The van der Waals surface area contributed by atoms with Gasteiger partial charge in [-0.25, -0.2) is 0 Å². The predicted octanol–water partition coefficient (Wildman–Crippen LogP) is 7.79. The van der Waals surface area contributed by atoms with Crippen LogP contribution >= 0.6 is 23.2 Å². The lowest BCUT2D eigenvalue weighted by Crippen LogP contribution is -2.53. The number of nitrogens with zero attached hydrogens (tertiary/aromatic N) is 2. The fraction of sp³-hybridized carbons (Fsp3) is 0.229. The number of fused-ring (bicyclic) bond motifs is 4. The molecule has 2 heterocycles. The van der Waals surface area contributed by atoms with E-state index in [1.807, 2.05) is 24.3 Å². The van der Waals surface area contributed by atoms with Crippen molar-refractivity contribution in [2.75, 3.05) is 30.6 Å². The molecule has 2 aliphatic carbocycles. The lowest BCUT2D eigenvalue weighted by molar-refractivity contribution is -0.138. The topological polar surface area (TPSA) is 143 Å². The number of halogens is 2. The highest BCUT2D eigenvalue weighted by molar-refractivity contribution is 6.36. The summed E-state index contributed by atoms with van der Waals surface area (Å²) in [6.45, 7) is -0.311. The van der Waals surface area contributed by atoms with Gasteiger partial charge in [-0.1, -0.05) is 95.5 Å². The van der Waals surface area contributed by atoms with E-state index in [0.29, 0.717) is 44.5 Å². The second-order valence-electron chi connectivity index (χ2n) is 15.6. The smallest absolute Gasteiger partial charge is 0.260 e. The minimum absolute atomic E-state index is 0.0385. The summed E-state index contributed by atoms with van der Waals surface area (Å²) in [5.74, 6) is -5.34. The first-order valence-corrected chi connectivity index (χ1v) is 20.7. The van der Waals surface area contributed by atoms with Crippen molar-refractivity contribution in [3.8, 4) is 11.5 Å². The Bertz CT molecular complexity index is 2620. The first-order valence-electron chi connectivity index (χ1n) is 19.9. The Hall–Kier alpha value is -6.27. The summed E-state index contributed by atoms with van der Waals surface area (Å²) in [4.78, 5) is 74.4. The fourth-order valence-electron chi connectivity index (χ4n) is 9.97. The van der Waals surface area contributed by atoms with Gasteiger partial charge in [0.15, 0.2) is 5.78 Å². The molecule has 4 amide bonds. The van der Waals surface area contributed by atoms with E-state index in [0.717, 1.165) is 10.6 Å². The maximum absolute atomic E-state index is 15.6. The van der Waals surface area contributed by atoms with Crippen molar-refractivity contribution in [1.82, 2.24) is 5.01 Å². The number of anilines is 2. The molecule has 0 bridgehead atoms. The van der Waals surface area contributed by atoms with E-state index in [4.69, 9.17) is 32.7 Å². The zero-order chi connectivity index (χ0) is 42.6. The lowest BCUT2D eigenvalue weighted by atomic mass is 9.49. The van der Waals surface area contributed by atoms with E-state index < -0.39 is 52.7 Å². The van der Waals surface area contributed by atoms with Gasteiger partial charge < -0.3 is 14.6 Å². The van der Waals surface area contributed by atoms with Crippen LogP contribution in [-0.2, 0) is 24.6 Å². The van der Waals surface area contributed by atoms with Crippen LogP contribution in [-0.4, -0.2) is 59.9 Å². The van der Waals surface area contributed by atoms with Gasteiger partial charge in [-0.3, -0.25) is 34.3 Å². The van der Waals surface area contributed by atoms with Gasteiger partial charge in [0.1, 0.15) is 18.1 Å². The molecule has 5 aromatic carbocycles. The largest absolute Gasteiger partial charge is 0.497 e. The van der Waals surface area contributed by atoms with Gasteiger partial charge in [-0.15, -0.1) is 0 Å². The van der Waals surface area contributed by atoms with Crippen molar-refractivity contribution in [3.05, 3.63) is 165 Å². The Morgan fingerprint density at radius 1 is 0.820 bits per heavy atom. The highest BCUT2D eigenvalue weighted by Gasteiger charge is 2.70. The second-order valence-corrected chi connectivity index (χ2v) is 16.4. The Morgan fingerprint density at radius 2 is 1.52 bits per heavy atom. The van der Waals surface area contributed by atoms with Crippen LogP contribution in [0.25, 0.3) is 0 Å². The third kappa shape index (κ3) is 6.50. The Morgan fingerprint density at radius 3 is 2.23 bits per heavy atom. The number of hydrazine groups is 1. The molecule has 6 atom stereocenters. The van der Waals surface area contributed by atoms with Gasteiger partial charge >= 0.3 is 0 Å². The molecule has 61 heavy (non-hydrogen) atoms. The monoisotopic (exact) mass is 855 g/mol. The number of nitrogens with one attached hydrogen (secondary N) is 1. The van der Waals surface area contributed by atoms with Crippen molar-refractivity contribution in [2.24, 2.45) is 23.7 Å². The molecule has 0 unspecified atom stereocenters. The molecular weight excluding hydrogens is 817 g/mol. The average molecular weight is 857 g/mol. The molecule has 3 fully saturated rings. The SMILES string of the molecule is COc1ccc([C@@]23C(=O)N(Nc4ccc(Cl)cc4Cl)C(=O)[C@@H]2C[C@@H]2C(=CC[C@@H]4C(=O)N(c5ccc(C(=O)c6ccccc6)cc5)C(=O)[C@@H]42)[C@@H]3c2ccccc2OCCO)cc1. The standard InChI is InChI=1S/C48H39Cl2N3O8/c1-60-32-18-13-29(14-19-32)48-37(45(57)53(47(48)59)51-39-22-15-30(49)25-38(39)50)26-36-33(42(48)34-9-5-6-10-40(34)61-24-23-54)20-21-35-41(36)46(58)52(44(35)56)31-16-11-28(12-17-31)43(55)27-7-3-2-4-8-27/h2-20,22,25,35-37,41-42,51,54H,21,23-24,26H2,1H3/t35-,36+,37-,41-,42+,48+/m0/s1. The minimum Gasteiger partial charge on any atom is -0.497 e. The van der Waals surface area contributed by atoms with Crippen molar-refractivity contribution < 1.29 is 38.6 Å². The van der Waals surface area contributed by atoms with Gasteiger partial charge in [-0.05, 0) is 85.0 Å². The first kappa shape index (κ1) is 40.2. The zero-order valence-electron chi connectivity index (χ0n) is 32.8. The quantitative estimate of drug-likeness (QED) is 0.0774. The molecule has 308 valence electrons. The van der Waals surface area contributed by atoms with Gasteiger partial charge in [0.2, 0.25) is 11.8 Å². The number of hydrogen-bond acceptors (Lipinski definition) is 9. The molecule has 11 nitrogen and oxygen atoms in total. The molecule has 2 aliphatic heterocycles. The average Bonchev–Trinajstić information content (AvgIpc) is 3.67. The number of carbonyl (C=O) groups is 5. The zero-order valence-corrected chi connectivity index (χ0v) is 34.3. The maximum Gasteiger partial charge on any atom is 0.260 e. The summed E-state index contributed by atoms with van der Waals surface area (Å²) in [7, 11) is 1.54. The second kappa shape index (κ2) is 16.0. The lowest BCUT2D eigenvalue weighted by Gasteiger charge is -2.50. The summed E-state index contributed by atoms with van der Waals surface area (Å²) >= 11 is 12.8. The van der Waals surface area contributed by atoms with Crippen LogP contribution in [0.3, 0.4) is 0 Å². The highest BCUT2D eigenvalue weighted by atomic mass is 35.5. The number of para-hydroxylation sites is 1. The van der Waals surface area contributed by atoms with Crippen LogP contribution in [0.1, 0.15) is 45.8 Å². The summed E-state index contributed by atoms with van der Waals surface area (Å²) in [5.41, 5.74) is 4.78. The van der Waals surface area contributed by atoms with Gasteiger partial charge in [0, 0.05) is 27.6 Å². The third-order valence-corrected chi connectivity index (χ3v) is 13.1. The fourth-order valence-corrected chi connectivity index (χ4v) is 10.4. The van der Waals surface area contributed by atoms with Gasteiger partial charge in [0.25, 0.3) is 11.8 Å². The Labute approximate surface area is 361 Å². The van der Waals surface area contributed by atoms with Crippen LogP contribution in [0.2, 0.25) is 10.0 Å². The van der Waals surface area contributed by atoms with E-state index in [-0.39, 0.29) is 48.5 Å². The van der Waals surface area contributed by atoms with E-state index >= 15 is 9.59 Å². The third-order valence-electron chi connectivity index (χ3n) is 12.6. The molecule has 5 aromatic rings. The number of imide groups is 2. The number of aliphatic hydroxyl groups is 1. The number of ketones is 1. The first-order chi connectivity index (χ1) is 29.6. The van der Waals surface area contributed by atoms with E-state index in [9.17, 15) is 19.5 Å².